The number of benzene rings is 1. The summed E-state index contributed by atoms with van der Waals surface area (Å²) in [6, 6.07) is 7.76. The summed E-state index contributed by atoms with van der Waals surface area (Å²) in [5, 5.41) is 0.823. The van der Waals surface area contributed by atoms with Crippen molar-refractivity contribution in [2.45, 2.75) is 39.4 Å². The summed E-state index contributed by atoms with van der Waals surface area (Å²) in [5.74, 6) is -0.317. The quantitative estimate of drug-likeness (QED) is 0.791. The van der Waals surface area contributed by atoms with Gasteiger partial charge in [0.1, 0.15) is 5.60 Å². The highest BCUT2D eigenvalue weighted by atomic mass is 16.6. The summed E-state index contributed by atoms with van der Waals surface area (Å²) in [6.45, 7) is 10.1. The fourth-order valence-electron chi connectivity index (χ4n) is 2.89. The number of pyridine rings is 1. The lowest BCUT2D eigenvalue weighted by Crippen LogP contribution is -2.41. The molecule has 0 amide bonds. The van der Waals surface area contributed by atoms with E-state index in [4.69, 9.17) is 9.47 Å². The maximum absolute atomic E-state index is 12.5. The Morgan fingerprint density at radius 2 is 2.12 bits per heavy atom. The van der Waals surface area contributed by atoms with E-state index in [2.05, 4.69) is 16.8 Å². The third-order valence-corrected chi connectivity index (χ3v) is 3.95. The molecule has 5 nitrogen and oxygen atoms in total. The van der Waals surface area contributed by atoms with Crippen LogP contribution in [0.15, 0.2) is 30.5 Å². The van der Waals surface area contributed by atoms with Crippen molar-refractivity contribution >= 4 is 22.6 Å². The number of ether oxygens (including phenoxy) is 2. The van der Waals surface area contributed by atoms with Crippen molar-refractivity contribution in [2.24, 2.45) is 0 Å². The number of esters is 1. The zero-order valence-electron chi connectivity index (χ0n) is 14.7. The standard InChI is InChI=1S/C19H24N2O3/c1-13-12-21(9-10-23-13)14-5-6-17-16(11-14)15(7-8-20-17)18(22)24-19(2,3)4/h5-8,11,13H,9-10,12H2,1-4H3/t13-/m1/s1. The lowest BCUT2D eigenvalue weighted by atomic mass is 10.1. The van der Waals surface area contributed by atoms with Gasteiger partial charge in [0.15, 0.2) is 0 Å². The minimum atomic E-state index is -0.524. The number of rotatable bonds is 2. The summed E-state index contributed by atoms with van der Waals surface area (Å²) in [5.41, 5.74) is 1.90. The molecule has 3 rings (SSSR count). The second-order valence-electron chi connectivity index (χ2n) is 7.19. The molecule has 1 aliphatic rings. The number of fused-ring (bicyclic) bond motifs is 1. The SMILES string of the molecule is C[C@@H]1CN(c2ccc3nccc(C(=O)OC(C)(C)C)c3c2)CCO1. The third kappa shape index (κ3) is 3.67. The molecule has 0 spiro atoms. The summed E-state index contributed by atoms with van der Waals surface area (Å²) in [6.07, 6.45) is 1.85. The van der Waals surface area contributed by atoms with Crippen LogP contribution < -0.4 is 4.90 Å². The molecule has 0 unspecified atom stereocenters. The van der Waals surface area contributed by atoms with Gasteiger partial charge in [0.05, 0.1) is 23.8 Å². The molecule has 1 fully saturated rings. The molecule has 5 heteroatoms. The fourth-order valence-corrected chi connectivity index (χ4v) is 2.89. The average Bonchev–Trinajstić information content (AvgIpc) is 2.52. The Morgan fingerprint density at radius 3 is 2.83 bits per heavy atom. The number of aromatic nitrogens is 1. The van der Waals surface area contributed by atoms with E-state index in [-0.39, 0.29) is 12.1 Å². The molecule has 0 bridgehead atoms. The zero-order chi connectivity index (χ0) is 17.3. The van der Waals surface area contributed by atoms with E-state index in [0.29, 0.717) is 12.2 Å². The van der Waals surface area contributed by atoms with Crippen LogP contribution in [0, 0.1) is 0 Å². The van der Waals surface area contributed by atoms with Crippen LogP contribution in [-0.4, -0.2) is 42.4 Å². The van der Waals surface area contributed by atoms with Crippen LogP contribution in [0.4, 0.5) is 5.69 Å². The van der Waals surface area contributed by atoms with E-state index in [1.807, 2.05) is 39.0 Å². The van der Waals surface area contributed by atoms with Gasteiger partial charge in [-0.1, -0.05) is 0 Å². The van der Waals surface area contributed by atoms with Gasteiger partial charge in [-0.15, -0.1) is 0 Å². The second-order valence-corrected chi connectivity index (χ2v) is 7.19. The maximum atomic E-state index is 12.5. The Morgan fingerprint density at radius 1 is 1.33 bits per heavy atom. The number of carbonyl (C=O) groups is 1. The Labute approximate surface area is 142 Å². The molecule has 128 valence electrons. The Kier molecular flexibility index (Phi) is 4.45. The predicted octanol–water partition coefficient (Wildman–Crippen LogP) is 3.42. The van der Waals surface area contributed by atoms with E-state index in [1.165, 1.54) is 0 Å². The molecule has 0 aliphatic carbocycles. The minimum absolute atomic E-state index is 0.202. The summed E-state index contributed by atoms with van der Waals surface area (Å²) < 4.78 is 11.1. The summed E-state index contributed by atoms with van der Waals surface area (Å²) in [4.78, 5) is 19.2. The van der Waals surface area contributed by atoms with Gasteiger partial charge in [0.2, 0.25) is 0 Å². The van der Waals surface area contributed by atoms with Crippen molar-refractivity contribution in [1.29, 1.82) is 0 Å². The van der Waals surface area contributed by atoms with Gasteiger partial charge in [0.25, 0.3) is 0 Å². The van der Waals surface area contributed by atoms with Crippen molar-refractivity contribution in [1.82, 2.24) is 4.98 Å². The predicted molar refractivity (Wildman–Crippen MR) is 94.5 cm³/mol. The zero-order valence-corrected chi connectivity index (χ0v) is 14.7. The first kappa shape index (κ1) is 16.7. The maximum Gasteiger partial charge on any atom is 0.339 e. The molecule has 1 aromatic heterocycles. The Hall–Kier alpha value is -2.14. The number of carbonyl (C=O) groups excluding carboxylic acids is 1. The molecule has 24 heavy (non-hydrogen) atoms. The lowest BCUT2D eigenvalue weighted by Gasteiger charge is -2.33. The third-order valence-electron chi connectivity index (χ3n) is 3.95. The topological polar surface area (TPSA) is 51.7 Å². The number of hydrogen-bond donors (Lipinski definition) is 0. The lowest BCUT2D eigenvalue weighted by molar-refractivity contribution is 0.00717. The molecule has 1 atom stereocenters. The van der Waals surface area contributed by atoms with Gasteiger partial charge in [-0.25, -0.2) is 4.79 Å². The largest absolute Gasteiger partial charge is 0.456 e. The van der Waals surface area contributed by atoms with Crippen LogP contribution in [0.3, 0.4) is 0 Å². The highest BCUT2D eigenvalue weighted by Crippen LogP contribution is 2.26. The highest BCUT2D eigenvalue weighted by molar-refractivity contribution is 6.04. The van der Waals surface area contributed by atoms with E-state index in [9.17, 15) is 4.79 Å². The number of nitrogens with zero attached hydrogens (tertiary/aromatic N) is 2. The van der Waals surface area contributed by atoms with Crippen molar-refractivity contribution in [3.05, 3.63) is 36.0 Å². The summed E-state index contributed by atoms with van der Waals surface area (Å²) in [7, 11) is 0. The molecule has 2 heterocycles. The molecular formula is C19H24N2O3. The van der Waals surface area contributed by atoms with Gasteiger partial charge in [-0.05, 0) is 52.0 Å². The first-order chi connectivity index (χ1) is 11.3. The first-order valence-electron chi connectivity index (χ1n) is 8.32. The van der Waals surface area contributed by atoms with Gasteiger partial charge >= 0.3 is 5.97 Å². The van der Waals surface area contributed by atoms with E-state index in [1.54, 1.807) is 12.3 Å². The number of anilines is 1. The Bertz CT molecular complexity index is 752. The first-order valence-corrected chi connectivity index (χ1v) is 8.32. The van der Waals surface area contributed by atoms with Crippen LogP contribution in [0.2, 0.25) is 0 Å². The van der Waals surface area contributed by atoms with Crippen LogP contribution in [-0.2, 0) is 9.47 Å². The number of hydrogen-bond acceptors (Lipinski definition) is 5. The normalized spacial score (nSPS) is 18.7. The monoisotopic (exact) mass is 328 g/mol. The summed E-state index contributed by atoms with van der Waals surface area (Å²) >= 11 is 0. The smallest absolute Gasteiger partial charge is 0.339 e. The molecule has 1 aliphatic heterocycles. The second kappa shape index (κ2) is 6.40. The van der Waals surface area contributed by atoms with Crippen molar-refractivity contribution in [2.75, 3.05) is 24.6 Å². The van der Waals surface area contributed by atoms with Crippen LogP contribution in [0.5, 0.6) is 0 Å². The van der Waals surface area contributed by atoms with Gasteiger partial charge in [-0.2, -0.15) is 0 Å². The highest BCUT2D eigenvalue weighted by Gasteiger charge is 2.21. The molecule has 1 aromatic carbocycles. The fraction of sp³-hybridized carbons (Fsp3) is 0.474. The molecule has 2 aromatic rings. The van der Waals surface area contributed by atoms with Crippen molar-refractivity contribution < 1.29 is 14.3 Å². The minimum Gasteiger partial charge on any atom is -0.456 e. The van der Waals surface area contributed by atoms with Gasteiger partial charge < -0.3 is 14.4 Å². The molecular weight excluding hydrogens is 304 g/mol. The van der Waals surface area contributed by atoms with E-state index < -0.39 is 5.60 Å². The van der Waals surface area contributed by atoms with Crippen LogP contribution in [0.1, 0.15) is 38.1 Å². The molecule has 0 saturated carbocycles. The van der Waals surface area contributed by atoms with Gasteiger partial charge in [-0.3, -0.25) is 4.98 Å². The van der Waals surface area contributed by atoms with E-state index >= 15 is 0 Å². The van der Waals surface area contributed by atoms with Crippen molar-refractivity contribution in [3.8, 4) is 0 Å². The molecule has 0 radical (unpaired) electrons. The van der Waals surface area contributed by atoms with Crippen LogP contribution in [0.25, 0.3) is 10.9 Å². The van der Waals surface area contributed by atoms with Crippen molar-refractivity contribution in [3.63, 3.8) is 0 Å². The molecule has 0 N–H and O–H groups in total. The van der Waals surface area contributed by atoms with E-state index in [0.717, 1.165) is 29.7 Å². The van der Waals surface area contributed by atoms with Crippen LogP contribution >= 0.6 is 0 Å². The number of morpholine rings is 1. The Balaban J connectivity index is 1.98. The van der Waals surface area contributed by atoms with Gasteiger partial charge in [0, 0.05) is 30.4 Å². The average molecular weight is 328 g/mol. The molecule has 1 saturated heterocycles.